The van der Waals surface area contributed by atoms with Crippen LogP contribution in [0.5, 0.6) is 11.5 Å². The molecule has 32 heavy (non-hydrogen) atoms. The third-order valence-corrected chi connectivity index (χ3v) is 5.30. The number of hydrogen-bond acceptors (Lipinski definition) is 5. The molecule has 0 aliphatic carbocycles. The third kappa shape index (κ3) is 4.61. The average molecular weight is 433 g/mol. The molecule has 1 amide bonds. The molecule has 1 N–H and O–H groups in total. The quantitative estimate of drug-likeness (QED) is 0.594. The molecule has 0 saturated heterocycles. The van der Waals surface area contributed by atoms with Crippen molar-refractivity contribution >= 4 is 12.0 Å². The van der Waals surface area contributed by atoms with Crippen molar-refractivity contribution < 1.29 is 18.7 Å². The molecule has 2 heterocycles. The second kappa shape index (κ2) is 9.18. The molecular formula is C25H24FN3O3. The van der Waals surface area contributed by atoms with Crippen LogP contribution in [0.15, 0.2) is 48.7 Å². The molecule has 0 radical (unpaired) electrons. The van der Waals surface area contributed by atoms with Gasteiger partial charge in [-0.25, -0.2) is 9.37 Å². The third-order valence-electron chi connectivity index (χ3n) is 5.30. The van der Waals surface area contributed by atoms with Crippen molar-refractivity contribution in [2.24, 2.45) is 0 Å². The molecule has 3 aromatic rings. The standard InChI is InChI=1S/C25H24FN3O3/c1-15-13-27-16(2)24(29-15)20-9-10-22(26)21-12-19(32-25(20)21)14-28-23(30)11-6-17-4-7-18(31-3)8-5-17/h4-11,13,19H,12,14H2,1-3H3,(H,28,30)/b11-6+/t19-/m1/s1. The number of benzene rings is 2. The maximum absolute atomic E-state index is 14.5. The van der Waals surface area contributed by atoms with E-state index in [1.807, 2.05) is 38.1 Å². The molecule has 2 aromatic carbocycles. The fourth-order valence-electron chi connectivity index (χ4n) is 3.62. The first-order chi connectivity index (χ1) is 15.4. The van der Waals surface area contributed by atoms with Gasteiger partial charge in [-0.15, -0.1) is 0 Å². The topological polar surface area (TPSA) is 73.3 Å². The molecule has 0 spiro atoms. The van der Waals surface area contributed by atoms with Gasteiger partial charge in [0, 0.05) is 29.8 Å². The van der Waals surface area contributed by atoms with Gasteiger partial charge in [-0.2, -0.15) is 0 Å². The molecular weight excluding hydrogens is 409 g/mol. The van der Waals surface area contributed by atoms with Gasteiger partial charge in [0.2, 0.25) is 5.91 Å². The van der Waals surface area contributed by atoms with E-state index in [1.54, 1.807) is 25.4 Å². The number of ether oxygens (including phenoxy) is 2. The van der Waals surface area contributed by atoms with Crippen LogP contribution in [-0.4, -0.2) is 35.6 Å². The van der Waals surface area contributed by atoms with E-state index in [9.17, 15) is 9.18 Å². The summed E-state index contributed by atoms with van der Waals surface area (Å²) in [5, 5.41) is 2.83. The Hall–Kier alpha value is -3.74. The van der Waals surface area contributed by atoms with Crippen molar-refractivity contribution in [3.8, 4) is 22.8 Å². The largest absolute Gasteiger partial charge is 0.497 e. The molecule has 7 heteroatoms. The number of carbonyl (C=O) groups is 1. The van der Waals surface area contributed by atoms with Gasteiger partial charge >= 0.3 is 0 Å². The monoisotopic (exact) mass is 433 g/mol. The second-order valence-electron chi connectivity index (χ2n) is 7.64. The predicted molar refractivity (Wildman–Crippen MR) is 120 cm³/mol. The number of aryl methyl sites for hydroxylation is 2. The van der Waals surface area contributed by atoms with Crippen molar-refractivity contribution in [3.05, 3.63) is 77.0 Å². The summed E-state index contributed by atoms with van der Waals surface area (Å²) in [6, 6.07) is 10.5. The van der Waals surface area contributed by atoms with Crippen molar-refractivity contribution in [2.45, 2.75) is 26.4 Å². The number of fused-ring (bicyclic) bond motifs is 1. The molecule has 0 fully saturated rings. The van der Waals surface area contributed by atoms with Crippen LogP contribution < -0.4 is 14.8 Å². The van der Waals surface area contributed by atoms with Crippen LogP contribution >= 0.6 is 0 Å². The van der Waals surface area contributed by atoms with Crippen LogP contribution in [0.25, 0.3) is 17.3 Å². The molecule has 0 bridgehead atoms. The first-order valence-corrected chi connectivity index (χ1v) is 10.3. The van der Waals surface area contributed by atoms with E-state index >= 15 is 0 Å². The lowest BCUT2D eigenvalue weighted by molar-refractivity contribution is -0.116. The van der Waals surface area contributed by atoms with Crippen molar-refractivity contribution in [1.82, 2.24) is 15.3 Å². The lowest BCUT2D eigenvalue weighted by atomic mass is 10.0. The minimum absolute atomic E-state index is 0.249. The zero-order chi connectivity index (χ0) is 22.7. The number of halogens is 1. The Balaban J connectivity index is 1.43. The average Bonchev–Trinajstić information content (AvgIpc) is 3.24. The Morgan fingerprint density at radius 3 is 2.78 bits per heavy atom. The highest BCUT2D eigenvalue weighted by Crippen LogP contribution is 2.40. The number of hydrogen-bond donors (Lipinski definition) is 1. The van der Waals surface area contributed by atoms with Gasteiger partial charge in [0.1, 0.15) is 23.4 Å². The van der Waals surface area contributed by atoms with Gasteiger partial charge in [-0.3, -0.25) is 9.78 Å². The molecule has 1 aromatic heterocycles. The Morgan fingerprint density at radius 1 is 1.25 bits per heavy atom. The maximum Gasteiger partial charge on any atom is 0.244 e. The van der Waals surface area contributed by atoms with E-state index < -0.39 is 0 Å². The van der Waals surface area contributed by atoms with Gasteiger partial charge in [0.05, 0.1) is 30.7 Å². The summed E-state index contributed by atoms with van der Waals surface area (Å²) in [5.74, 6) is 0.653. The number of amides is 1. The van der Waals surface area contributed by atoms with Crippen LogP contribution in [0.2, 0.25) is 0 Å². The molecule has 1 aliphatic rings. The predicted octanol–water partition coefficient (Wildman–Crippen LogP) is 4.04. The van der Waals surface area contributed by atoms with E-state index in [0.29, 0.717) is 29.0 Å². The smallest absolute Gasteiger partial charge is 0.244 e. The molecule has 4 rings (SSSR count). The Morgan fingerprint density at radius 2 is 2.03 bits per heavy atom. The van der Waals surface area contributed by atoms with Crippen LogP contribution in [0.3, 0.4) is 0 Å². The minimum Gasteiger partial charge on any atom is -0.497 e. The van der Waals surface area contributed by atoms with Crippen molar-refractivity contribution in [1.29, 1.82) is 0 Å². The van der Waals surface area contributed by atoms with E-state index in [1.165, 1.54) is 12.1 Å². The summed E-state index contributed by atoms with van der Waals surface area (Å²) < 4.78 is 25.6. The molecule has 0 unspecified atom stereocenters. The number of methoxy groups -OCH3 is 1. The highest BCUT2D eigenvalue weighted by Gasteiger charge is 2.30. The molecule has 6 nitrogen and oxygen atoms in total. The molecule has 1 aliphatic heterocycles. The molecule has 1 atom stereocenters. The first-order valence-electron chi connectivity index (χ1n) is 10.3. The van der Waals surface area contributed by atoms with E-state index in [0.717, 1.165) is 22.7 Å². The number of carbonyl (C=O) groups excluding carboxylic acids is 1. The van der Waals surface area contributed by atoms with Gasteiger partial charge in [-0.05, 0) is 49.8 Å². The minimum atomic E-state index is -0.364. The van der Waals surface area contributed by atoms with Crippen LogP contribution in [0.4, 0.5) is 4.39 Å². The summed E-state index contributed by atoms with van der Waals surface area (Å²) in [6.07, 6.45) is 4.88. The van der Waals surface area contributed by atoms with Crippen LogP contribution in [-0.2, 0) is 11.2 Å². The SMILES string of the molecule is COc1ccc(/C=C/C(=O)NC[C@H]2Cc3c(F)ccc(-c4nc(C)cnc4C)c3O2)cc1. The van der Waals surface area contributed by atoms with Crippen molar-refractivity contribution in [3.63, 3.8) is 0 Å². The Labute approximate surface area is 186 Å². The van der Waals surface area contributed by atoms with Gasteiger partial charge < -0.3 is 14.8 Å². The van der Waals surface area contributed by atoms with Crippen molar-refractivity contribution in [2.75, 3.05) is 13.7 Å². The van der Waals surface area contributed by atoms with Crippen LogP contribution in [0, 0.1) is 19.7 Å². The molecule has 0 saturated carbocycles. The lowest BCUT2D eigenvalue weighted by Crippen LogP contribution is -2.33. The summed E-state index contributed by atoms with van der Waals surface area (Å²) in [4.78, 5) is 21.2. The maximum atomic E-state index is 14.5. The van der Waals surface area contributed by atoms with E-state index in [4.69, 9.17) is 9.47 Å². The zero-order valence-corrected chi connectivity index (χ0v) is 18.2. The number of nitrogens with one attached hydrogen (secondary N) is 1. The summed E-state index contributed by atoms with van der Waals surface area (Å²) >= 11 is 0. The van der Waals surface area contributed by atoms with E-state index in [2.05, 4.69) is 15.3 Å². The Kier molecular flexibility index (Phi) is 6.16. The van der Waals surface area contributed by atoms with Crippen LogP contribution in [0.1, 0.15) is 22.5 Å². The van der Waals surface area contributed by atoms with Gasteiger partial charge in [0.15, 0.2) is 0 Å². The normalized spacial score (nSPS) is 14.8. The number of nitrogens with zero attached hydrogens (tertiary/aromatic N) is 2. The van der Waals surface area contributed by atoms with Gasteiger partial charge in [-0.1, -0.05) is 12.1 Å². The number of rotatable bonds is 6. The second-order valence-corrected chi connectivity index (χ2v) is 7.64. The first kappa shape index (κ1) is 21.5. The fraction of sp³-hybridized carbons (Fsp3) is 0.240. The zero-order valence-electron chi connectivity index (χ0n) is 18.2. The fourth-order valence-corrected chi connectivity index (χ4v) is 3.62. The molecule has 164 valence electrons. The number of aromatic nitrogens is 2. The van der Waals surface area contributed by atoms with E-state index in [-0.39, 0.29) is 24.4 Å². The summed E-state index contributed by atoms with van der Waals surface area (Å²) in [6.45, 7) is 3.98. The lowest BCUT2D eigenvalue weighted by Gasteiger charge is -2.13. The summed E-state index contributed by atoms with van der Waals surface area (Å²) in [7, 11) is 1.60. The summed E-state index contributed by atoms with van der Waals surface area (Å²) in [5.41, 5.74) is 4.28. The van der Waals surface area contributed by atoms with Gasteiger partial charge in [0.25, 0.3) is 0 Å². The highest BCUT2D eigenvalue weighted by atomic mass is 19.1. The Bertz CT molecular complexity index is 1180. The highest BCUT2D eigenvalue weighted by molar-refractivity contribution is 5.91.